The van der Waals surface area contributed by atoms with Gasteiger partial charge in [-0.05, 0) is 6.92 Å². The van der Waals surface area contributed by atoms with Crippen molar-refractivity contribution in [1.82, 2.24) is 0 Å². The lowest BCUT2D eigenvalue weighted by molar-refractivity contribution is -1.04. The SMILES string of the molecule is C[C@H](O)C=[O+][O-]. The van der Waals surface area contributed by atoms with Gasteiger partial charge in [0, 0.05) is 0 Å². The maximum Gasteiger partial charge on any atom is 0.346 e. The van der Waals surface area contributed by atoms with Crippen molar-refractivity contribution in [3.8, 4) is 0 Å². The molecule has 3 nitrogen and oxygen atoms in total. The van der Waals surface area contributed by atoms with Crippen LogP contribution in [0.5, 0.6) is 0 Å². The van der Waals surface area contributed by atoms with Crippen LogP contribution < -0.4 is 5.26 Å². The van der Waals surface area contributed by atoms with Crippen molar-refractivity contribution in [1.29, 1.82) is 0 Å². The van der Waals surface area contributed by atoms with E-state index in [0.29, 0.717) is 0 Å². The molecule has 0 aromatic rings. The Morgan fingerprint density at radius 1 is 2.00 bits per heavy atom. The van der Waals surface area contributed by atoms with Crippen LogP contribution in [0.15, 0.2) is 0 Å². The van der Waals surface area contributed by atoms with Crippen LogP contribution in [-0.2, 0) is 4.58 Å². The van der Waals surface area contributed by atoms with Crippen molar-refractivity contribution in [3.05, 3.63) is 0 Å². The lowest BCUT2D eigenvalue weighted by atomic mass is 10.5. The molecule has 1 atom stereocenters. The van der Waals surface area contributed by atoms with Crippen LogP contribution in [0.1, 0.15) is 6.92 Å². The molecule has 1 N–H and O–H groups in total. The predicted molar refractivity (Wildman–Crippen MR) is 17.7 cm³/mol. The first-order valence-corrected chi connectivity index (χ1v) is 1.57. The summed E-state index contributed by atoms with van der Waals surface area (Å²) in [5.74, 6) is 0. The van der Waals surface area contributed by atoms with E-state index in [1.165, 1.54) is 6.92 Å². The van der Waals surface area contributed by atoms with Crippen LogP contribution in [0.3, 0.4) is 0 Å². The van der Waals surface area contributed by atoms with Gasteiger partial charge in [-0.2, -0.15) is 4.58 Å². The van der Waals surface area contributed by atoms with Crippen molar-refractivity contribution in [2.45, 2.75) is 13.0 Å². The standard InChI is InChI=1S/C3H6O3/c1-3(4)2-6-5/h2-4H,1H3/t3-/m0/s1. The Bertz CT molecular complexity index is 48.0. The second-order valence-electron chi connectivity index (χ2n) is 0.973. The van der Waals surface area contributed by atoms with Crippen LogP contribution >= 0.6 is 0 Å². The van der Waals surface area contributed by atoms with Crippen LogP contribution in [0, 0.1) is 0 Å². The van der Waals surface area contributed by atoms with Gasteiger partial charge in [0.05, 0.1) is 0 Å². The van der Waals surface area contributed by atoms with Gasteiger partial charge >= 0.3 is 6.29 Å². The van der Waals surface area contributed by atoms with Crippen LogP contribution in [-0.4, -0.2) is 17.5 Å². The Kier molecular flexibility index (Phi) is 2.40. The monoisotopic (exact) mass is 90.0 g/mol. The van der Waals surface area contributed by atoms with Crippen molar-refractivity contribution in [2.24, 2.45) is 0 Å². The number of hydrogen-bond donors (Lipinski definition) is 1. The van der Waals surface area contributed by atoms with Crippen LogP contribution in [0.25, 0.3) is 0 Å². The van der Waals surface area contributed by atoms with Gasteiger partial charge in [-0.15, -0.1) is 0 Å². The van der Waals surface area contributed by atoms with E-state index < -0.39 is 6.10 Å². The molecule has 0 saturated carbocycles. The molecule has 0 aliphatic carbocycles. The first-order chi connectivity index (χ1) is 2.77. The maximum atomic E-state index is 9.02. The van der Waals surface area contributed by atoms with E-state index in [2.05, 4.69) is 4.58 Å². The van der Waals surface area contributed by atoms with E-state index >= 15 is 0 Å². The van der Waals surface area contributed by atoms with Crippen molar-refractivity contribution in [3.63, 3.8) is 0 Å². The molecule has 0 aliphatic heterocycles. The number of rotatable bonds is 1. The third kappa shape index (κ3) is 3.43. The zero-order valence-electron chi connectivity index (χ0n) is 3.42. The van der Waals surface area contributed by atoms with Gasteiger partial charge in [-0.1, -0.05) is 0 Å². The Balaban J connectivity index is 3.03. The molecule has 0 heterocycles. The fraction of sp³-hybridized carbons (Fsp3) is 0.667. The minimum atomic E-state index is -0.762. The first kappa shape index (κ1) is 5.43. The molecule has 0 radical (unpaired) electrons. The van der Waals surface area contributed by atoms with Gasteiger partial charge in [0.15, 0.2) is 6.10 Å². The van der Waals surface area contributed by atoms with E-state index in [1.807, 2.05) is 0 Å². The van der Waals surface area contributed by atoms with E-state index in [0.717, 1.165) is 6.29 Å². The van der Waals surface area contributed by atoms with Gasteiger partial charge in [0.25, 0.3) is 0 Å². The highest BCUT2D eigenvalue weighted by molar-refractivity contribution is 5.54. The van der Waals surface area contributed by atoms with Gasteiger partial charge < -0.3 is 10.4 Å². The summed E-state index contributed by atoms with van der Waals surface area (Å²) in [4.78, 5) is 0. The highest BCUT2D eigenvalue weighted by Crippen LogP contribution is 1.63. The molecule has 0 rings (SSSR count). The van der Waals surface area contributed by atoms with E-state index in [9.17, 15) is 0 Å². The summed E-state index contributed by atoms with van der Waals surface area (Å²) in [6, 6.07) is 0. The normalized spacial score (nSPS) is 15.7. The smallest absolute Gasteiger partial charge is 0.346 e. The molecule has 0 saturated heterocycles. The zero-order chi connectivity index (χ0) is 4.99. The fourth-order valence-corrected chi connectivity index (χ4v) is 0.0804. The quantitative estimate of drug-likeness (QED) is 0.182. The van der Waals surface area contributed by atoms with E-state index in [1.54, 1.807) is 0 Å². The summed E-state index contributed by atoms with van der Waals surface area (Å²) in [6.07, 6.45) is 0.0301. The molecule has 0 amide bonds. The molecule has 0 fully saturated rings. The summed E-state index contributed by atoms with van der Waals surface area (Å²) < 4.78 is 3.18. The first-order valence-electron chi connectivity index (χ1n) is 1.57. The Hall–Kier alpha value is -0.570. The molecule has 0 unspecified atom stereocenters. The minimum Gasteiger partial charge on any atom is -0.463 e. The van der Waals surface area contributed by atoms with Gasteiger partial charge in [-0.25, -0.2) is 0 Å². The average molecular weight is 90.1 g/mol. The summed E-state index contributed by atoms with van der Waals surface area (Å²) in [6.45, 7) is 1.43. The molecule has 0 aromatic carbocycles. The Labute approximate surface area is 35.5 Å². The zero-order valence-corrected chi connectivity index (χ0v) is 3.42. The topological polar surface area (TPSA) is 54.6 Å². The summed E-state index contributed by atoms with van der Waals surface area (Å²) in [5, 5.41) is 17.2. The molecule has 6 heavy (non-hydrogen) atoms. The number of aliphatic hydroxyl groups is 1. The van der Waals surface area contributed by atoms with Crippen molar-refractivity contribution < 1.29 is 14.9 Å². The van der Waals surface area contributed by atoms with Gasteiger partial charge in [0.2, 0.25) is 0 Å². The lowest BCUT2D eigenvalue weighted by Crippen LogP contribution is -2.07. The highest BCUT2D eigenvalue weighted by atomic mass is 17.1. The lowest BCUT2D eigenvalue weighted by Gasteiger charge is -1.78. The highest BCUT2D eigenvalue weighted by Gasteiger charge is 1.91. The van der Waals surface area contributed by atoms with E-state index in [-0.39, 0.29) is 0 Å². The second kappa shape index (κ2) is 2.66. The summed E-state index contributed by atoms with van der Waals surface area (Å²) >= 11 is 0. The molecular formula is C3H6O3. The predicted octanol–water partition coefficient (Wildman–Crippen LogP) is -1.62. The molecule has 0 aromatic heterocycles. The molecule has 0 aliphatic rings. The van der Waals surface area contributed by atoms with Gasteiger partial charge in [0.1, 0.15) is 0 Å². The van der Waals surface area contributed by atoms with Crippen LogP contribution in [0.2, 0.25) is 0 Å². The number of aliphatic hydroxyl groups excluding tert-OH is 1. The average Bonchev–Trinajstić information content (AvgIpc) is 1.35. The second-order valence-corrected chi connectivity index (χ2v) is 0.973. The molecule has 3 heteroatoms. The molecule has 0 spiro atoms. The Morgan fingerprint density at radius 3 is 2.50 bits per heavy atom. The largest absolute Gasteiger partial charge is 0.463 e. The third-order valence-electron chi connectivity index (χ3n) is 0.252. The molecular weight excluding hydrogens is 84.0 g/mol. The van der Waals surface area contributed by atoms with Gasteiger partial charge in [-0.3, -0.25) is 0 Å². The number of hydrogen-bond acceptors (Lipinski definition) is 2. The van der Waals surface area contributed by atoms with E-state index in [4.69, 9.17) is 10.4 Å². The Morgan fingerprint density at radius 2 is 2.50 bits per heavy atom. The van der Waals surface area contributed by atoms with Crippen LogP contribution in [0.4, 0.5) is 0 Å². The molecule has 36 valence electrons. The summed E-state index contributed by atoms with van der Waals surface area (Å²) in [7, 11) is 0. The maximum absolute atomic E-state index is 9.02. The number of carbonyl (C=O) groups excluding carboxylic acids is 1. The summed E-state index contributed by atoms with van der Waals surface area (Å²) in [5.41, 5.74) is 0. The van der Waals surface area contributed by atoms with Crippen molar-refractivity contribution >= 4 is 6.29 Å². The fourth-order valence-electron chi connectivity index (χ4n) is 0.0804. The third-order valence-corrected chi connectivity index (χ3v) is 0.252. The number of aldehydes is 1. The van der Waals surface area contributed by atoms with Crippen molar-refractivity contribution in [2.75, 3.05) is 0 Å². The molecule has 0 bridgehead atoms. The minimum absolute atomic E-state index is 0.762.